The number of amides is 4. The van der Waals surface area contributed by atoms with E-state index in [9.17, 15) is 19.2 Å². The predicted molar refractivity (Wildman–Crippen MR) is 105 cm³/mol. The van der Waals surface area contributed by atoms with Crippen LogP contribution in [0.2, 0.25) is 0 Å². The minimum Gasteiger partial charge on any atom is -0.486 e. The fourth-order valence-electron chi connectivity index (χ4n) is 3.55. The Kier molecular flexibility index (Phi) is 7.10. The topological polar surface area (TPSA) is 132 Å². The van der Waals surface area contributed by atoms with Crippen molar-refractivity contribution >= 4 is 29.5 Å². The number of hydrogen-bond donors (Lipinski definition) is 3. The fourth-order valence-corrected chi connectivity index (χ4v) is 3.55. The monoisotopic (exact) mass is 419 g/mol. The van der Waals surface area contributed by atoms with Gasteiger partial charge < -0.3 is 24.8 Å². The highest BCUT2D eigenvalue weighted by Gasteiger charge is 2.32. The van der Waals surface area contributed by atoms with E-state index in [0.29, 0.717) is 30.4 Å². The lowest BCUT2D eigenvalue weighted by molar-refractivity contribution is -0.152. The molecule has 2 aliphatic rings. The molecule has 162 valence electrons. The predicted octanol–water partition coefficient (Wildman–Crippen LogP) is 1.34. The van der Waals surface area contributed by atoms with E-state index in [1.165, 1.54) is 6.92 Å². The normalized spacial score (nSPS) is 16.3. The molecule has 0 spiro atoms. The first-order valence-electron chi connectivity index (χ1n) is 9.86. The molecule has 3 rings (SSSR count). The number of benzene rings is 1. The third-order valence-corrected chi connectivity index (χ3v) is 4.88. The van der Waals surface area contributed by atoms with Gasteiger partial charge in [-0.25, -0.2) is 9.59 Å². The molecule has 1 aromatic rings. The quantitative estimate of drug-likeness (QED) is 0.593. The summed E-state index contributed by atoms with van der Waals surface area (Å²) in [6.07, 6.45) is 3.58. The molecule has 4 amide bonds. The molecule has 10 nitrogen and oxygen atoms in total. The van der Waals surface area contributed by atoms with Gasteiger partial charge in [-0.2, -0.15) is 0 Å². The van der Waals surface area contributed by atoms with Crippen molar-refractivity contribution in [2.24, 2.45) is 5.92 Å². The Labute approximate surface area is 173 Å². The summed E-state index contributed by atoms with van der Waals surface area (Å²) in [5, 5.41) is 7.18. The number of urea groups is 1. The Morgan fingerprint density at radius 3 is 2.50 bits per heavy atom. The van der Waals surface area contributed by atoms with Gasteiger partial charge in [-0.05, 0) is 30.9 Å². The van der Waals surface area contributed by atoms with Crippen LogP contribution in [0.15, 0.2) is 18.2 Å². The summed E-state index contributed by atoms with van der Waals surface area (Å²) in [4.78, 5) is 47.7. The summed E-state index contributed by atoms with van der Waals surface area (Å²) in [7, 11) is 0. The van der Waals surface area contributed by atoms with Gasteiger partial charge in [0, 0.05) is 18.7 Å². The molecule has 1 atom stereocenters. The molecule has 1 aliphatic heterocycles. The molecule has 0 bridgehead atoms. The van der Waals surface area contributed by atoms with Gasteiger partial charge in [0.2, 0.25) is 5.91 Å². The molecule has 3 N–H and O–H groups in total. The number of ether oxygens (including phenoxy) is 3. The van der Waals surface area contributed by atoms with Crippen molar-refractivity contribution in [3.8, 4) is 11.5 Å². The average molecular weight is 419 g/mol. The number of fused-ring (bicyclic) bond motifs is 1. The number of rotatable bonds is 6. The number of hydrogen-bond acceptors (Lipinski definition) is 7. The lowest BCUT2D eigenvalue weighted by Crippen LogP contribution is -2.46. The highest BCUT2D eigenvalue weighted by molar-refractivity contribution is 6.02. The molecule has 1 heterocycles. The first kappa shape index (κ1) is 21.4. The van der Waals surface area contributed by atoms with Gasteiger partial charge in [0.25, 0.3) is 5.91 Å². The first-order valence-corrected chi connectivity index (χ1v) is 9.86. The van der Waals surface area contributed by atoms with Crippen LogP contribution in [0.4, 0.5) is 10.5 Å². The number of carbonyl (C=O) groups is 4. The third-order valence-electron chi connectivity index (χ3n) is 4.88. The zero-order valence-electron chi connectivity index (χ0n) is 16.7. The van der Waals surface area contributed by atoms with E-state index in [-0.39, 0.29) is 11.8 Å². The third kappa shape index (κ3) is 5.85. The number of anilines is 1. The van der Waals surface area contributed by atoms with Gasteiger partial charge in [0.1, 0.15) is 19.3 Å². The number of esters is 1. The van der Waals surface area contributed by atoms with Crippen molar-refractivity contribution in [3.05, 3.63) is 18.2 Å². The molecule has 1 saturated carbocycles. The maximum absolute atomic E-state index is 12.3. The Bertz CT molecular complexity index is 821. The average Bonchev–Trinajstić information content (AvgIpc) is 3.24. The molecular weight excluding hydrogens is 394 g/mol. The molecule has 30 heavy (non-hydrogen) atoms. The maximum atomic E-state index is 12.3. The first-order chi connectivity index (χ1) is 14.4. The van der Waals surface area contributed by atoms with Gasteiger partial charge in [-0.3, -0.25) is 14.9 Å². The zero-order valence-corrected chi connectivity index (χ0v) is 16.7. The van der Waals surface area contributed by atoms with Crippen molar-refractivity contribution in [2.75, 3.05) is 25.1 Å². The standard InChI is InChI=1S/C20H25N3O7/c1-12(24)21-18(13-4-2-3-5-13)19(26)30-11-17(25)23-20(27)22-14-6-7-15-16(10-14)29-9-8-28-15/h6-7,10,13,18H,2-5,8-9,11H2,1H3,(H,21,24)(H2,22,23,25,27). The molecule has 1 fully saturated rings. The molecule has 1 aliphatic carbocycles. The van der Waals surface area contributed by atoms with Crippen LogP contribution < -0.4 is 25.4 Å². The minimum atomic E-state index is -0.788. The molecule has 1 aromatic carbocycles. The van der Waals surface area contributed by atoms with E-state index in [0.717, 1.165) is 25.7 Å². The van der Waals surface area contributed by atoms with Crippen LogP contribution in [-0.4, -0.2) is 49.7 Å². The summed E-state index contributed by atoms with van der Waals surface area (Å²) in [6.45, 7) is 1.56. The maximum Gasteiger partial charge on any atom is 0.329 e. The highest BCUT2D eigenvalue weighted by atomic mass is 16.6. The Morgan fingerprint density at radius 1 is 1.10 bits per heavy atom. The van der Waals surface area contributed by atoms with Crippen LogP contribution in [0.1, 0.15) is 32.6 Å². The molecule has 1 unspecified atom stereocenters. The van der Waals surface area contributed by atoms with E-state index in [1.807, 2.05) is 0 Å². The van der Waals surface area contributed by atoms with E-state index < -0.39 is 30.6 Å². The fraction of sp³-hybridized carbons (Fsp3) is 0.500. The van der Waals surface area contributed by atoms with Gasteiger partial charge in [0.15, 0.2) is 18.1 Å². The molecule has 0 aromatic heterocycles. The van der Waals surface area contributed by atoms with E-state index in [2.05, 4.69) is 16.0 Å². The molecule has 0 radical (unpaired) electrons. The van der Waals surface area contributed by atoms with Crippen molar-refractivity contribution < 1.29 is 33.4 Å². The second kappa shape index (κ2) is 9.95. The summed E-state index contributed by atoms with van der Waals surface area (Å²) < 4.78 is 15.9. The van der Waals surface area contributed by atoms with Gasteiger partial charge >= 0.3 is 12.0 Å². The van der Waals surface area contributed by atoms with Crippen molar-refractivity contribution in [1.29, 1.82) is 0 Å². The van der Waals surface area contributed by atoms with Crippen molar-refractivity contribution in [2.45, 2.75) is 38.6 Å². The Balaban J connectivity index is 1.46. The number of imide groups is 1. The summed E-state index contributed by atoms with van der Waals surface area (Å²) in [5.41, 5.74) is 0.411. The van der Waals surface area contributed by atoms with Gasteiger partial charge in [-0.1, -0.05) is 12.8 Å². The molecule has 0 saturated heterocycles. The van der Waals surface area contributed by atoms with E-state index in [1.54, 1.807) is 18.2 Å². The van der Waals surface area contributed by atoms with Crippen LogP contribution >= 0.6 is 0 Å². The van der Waals surface area contributed by atoms with Crippen LogP contribution in [0.3, 0.4) is 0 Å². The lowest BCUT2D eigenvalue weighted by atomic mass is 9.98. The number of carbonyl (C=O) groups excluding carboxylic acids is 4. The number of nitrogens with one attached hydrogen (secondary N) is 3. The second-order valence-corrected chi connectivity index (χ2v) is 7.19. The van der Waals surface area contributed by atoms with Crippen molar-refractivity contribution in [3.63, 3.8) is 0 Å². The van der Waals surface area contributed by atoms with Gasteiger partial charge in [0.05, 0.1) is 0 Å². The summed E-state index contributed by atoms with van der Waals surface area (Å²) in [6, 6.07) is 3.28. The van der Waals surface area contributed by atoms with E-state index >= 15 is 0 Å². The lowest BCUT2D eigenvalue weighted by Gasteiger charge is -2.22. The summed E-state index contributed by atoms with van der Waals surface area (Å²) >= 11 is 0. The Morgan fingerprint density at radius 2 is 1.80 bits per heavy atom. The van der Waals surface area contributed by atoms with Crippen LogP contribution in [0.25, 0.3) is 0 Å². The van der Waals surface area contributed by atoms with Crippen LogP contribution in [-0.2, 0) is 19.1 Å². The van der Waals surface area contributed by atoms with Crippen molar-refractivity contribution in [1.82, 2.24) is 10.6 Å². The molecule has 10 heteroatoms. The van der Waals surface area contributed by atoms with Gasteiger partial charge in [-0.15, -0.1) is 0 Å². The highest BCUT2D eigenvalue weighted by Crippen LogP contribution is 2.32. The second-order valence-electron chi connectivity index (χ2n) is 7.19. The summed E-state index contributed by atoms with van der Waals surface area (Å²) in [5.74, 6) is -0.748. The van der Waals surface area contributed by atoms with Crippen LogP contribution in [0, 0.1) is 5.92 Å². The molecular formula is C20H25N3O7. The SMILES string of the molecule is CC(=O)NC(C(=O)OCC(=O)NC(=O)Nc1ccc2c(c1)OCCO2)C1CCCC1. The van der Waals surface area contributed by atoms with E-state index in [4.69, 9.17) is 14.2 Å². The largest absolute Gasteiger partial charge is 0.486 e. The zero-order chi connectivity index (χ0) is 21.5. The van der Waals surface area contributed by atoms with Crippen LogP contribution in [0.5, 0.6) is 11.5 Å². The minimum absolute atomic E-state index is 0.0111. The Hall–Kier alpha value is -3.30. The smallest absolute Gasteiger partial charge is 0.329 e.